The fraction of sp³-hybridized carbons (Fsp3) is 0.222. The van der Waals surface area contributed by atoms with E-state index in [1.54, 1.807) is 13.1 Å². The average Bonchev–Trinajstić information content (AvgIpc) is 2.09. The van der Waals surface area contributed by atoms with Crippen molar-refractivity contribution in [1.29, 1.82) is 0 Å². The summed E-state index contributed by atoms with van der Waals surface area (Å²) in [6, 6.07) is 7.54. The molecule has 0 N–H and O–H groups in total. The minimum atomic E-state index is 0.421. The molecule has 0 heterocycles. The van der Waals surface area contributed by atoms with E-state index in [4.69, 9.17) is 16.4 Å². The Balaban J connectivity index is 2.57. The van der Waals surface area contributed by atoms with Crippen LogP contribution in [0.2, 0.25) is 5.02 Å². The first-order chi connectivity index (χ1) is 5.84. The zero-order valence-corrected chi connectivity index (χ0v) is 7.58. The van der Waals surface area contributed by atoms with Gasteiger partial charge in [-0.1, -0.05) is 35.0 Å². The first kappa shape index (κ1) is 9.07. The van der Waals surface area contributed by atoms with Crippen LogP contribution in [0.25, 0.3) is 0 Å². The molecule has 0 aromatic heterocycles. The summed E-state index contributed by atoms with van der Waals surface area (Å²) < 4.78 is 0. The summed E-state index contributed by atoms with van der Waals surface area (Å²) in [6.07, 6.45) is 1.59. The van der Waals surface area contributed by atoms with Crippen molar-refractivity contribution < 1.29 is 4.84 Å². The van der Waals surface area contributed by atoms with Crippen LogP contribution in [0.5, 0.6) is 0 Å². The molecule has 0 spiro atoms. The first-order valence-corrected chi connectivity index (χ1v) is 4.05. The molecule has 0 atom stereocenters. The van der Waals surface area contributed by atoms with Crippen molar-refractivity contribution in [2.45, 2.75) is 13.5 Å². The molecule has 1 rings (SSSR count). The second kappa shape index (κ2) is 4.78. The average molecular weight is 184 g/mol. The maximum Gasteiger partial charge on any atom is 0.143 e. The van der Waals surface area contributed by atoms with Crippen LogP contribution in [0.1, 0.15) is 12.5 Å². The van der Waals surface area contributed by atoms with Crippen LogP contribution in [-0.4, -0.2) is 6.21 Å². The van der Waals surface area contributed by atoms with Crippen molar-refractivity contribution in [3.8, 4) is 0 Å². The summed E-state index contributed by atoms with van der Waals surface area (Å²) in [5, 5.41) is 4.34. The smallest absolute Gasteiger partial charge is 0.143 e. The highest BCUT2D eigenvalue weighted by Crippen LogP contribution is 2.15. The molecule has 1 aromatic carbocycles. The molecule has 0 bridgehead atoms. The fourth-order valence-corrected chi connectivity index (χ4v) is 0.987. The normalized spacial score (nSPS) is 10.5. The standard InChI is InChI=1S/C9H10ClNO/c1-2-11-12-7-8-5-3-4-6-9(8)10/h2-6H,7H2,1H3/b11-2+. The topological polar surface area (TPSA) is 21.6 Å². The molecule has 1 aromatic rings. The SMILES string of the molecule is C/C=N/OCc1ccccc1Cl. The number of nitrogens with zero attached hydrogens (tertiary/aromatic N) is 1. The summed E-state index contributed by atoms with van der Waals surface area (Å²) in [4.78, 5) is 4.93. The van der Waals surface area contributed by atoms with Crippen molar-refractivity contribution in [2.24, 2.45) is 5.16 Å². The number of halogens is 1. The van der Waals surface area contributed by atoms with Crippen LogP contribution in [0, 0.1) is 0 Å². The lowest BCUT2D eigenvalue weighted by atomic mass is 10.2. The van der Waals surface area contributed by atoms with Gasteiger partial charge in [0.25, 0.3) is 0 Å². The summed E-state index contributed by atoms with van der Waals surface area (Å²) in [6.45, 7) is 2.22. The molecular formula is C9H10ClNO. The van der Waals surface area contributed by atoms with Gasteiger partial charge in [0.15, 0.2) is 0 Å². The molecule has 12 heavy (non-hydrogen) atoms. The van der Waals surface area contributed by atoms with E-state index in [1.807, 2.05) is 24.3 Å². The highest BCUT2D eigenvalue weighted by molar-refractivity contribution is 6.31. The van der Waals surface area contributed by atoms with Crippen LogP contribution in [0.15, 0.2) is 29.4 Å². The molecule has 3 heteroatoms. The number of oxime groups is 1. The van der Waals surface area contributed by atoms with Crippen LogP contribution in [-0.2, 0) is 11.4 Å². The fourth-order valence-electron chi connectivity index (χ4n) is 0.797. The number of rotatable bonds is 3. The van der Waals surface area contributed by atoms with Crippen molar-refractivity contribution in [2.75, 3.05) is 0 Å². The van der Waals surface area contributed by atoms with Gasteiger partial charge in [-0.3, -0.25) is 0 Å². The van der Waals surface area contributed by atoms with E-state index in [0.717, 1.165) is 5.56 Å². The maximum atomic E-state index is 5.87. The summed E-state index contributed by atoms with van der Waals surface area (Å²) in [5.41, 5.74) is 0.949. The van der Waals surface area contributed by atoms with Gasteiger partial charge in [-0.15, -0.1) is 0 Å². The quantitative estimate of drug-likeness (QED) is 0.522. The van der Waals surface area contributed by atoms with Crippen LogP contribution in [0.3, 0.4) is 0 Å². The van der Waals surface area contributed by atoms with Gasteiger partial charge < -0.3 is 4.84 Å². The van der Waals surface area contributed by atoms with E-state index in [2.05, 4.69) is 5.16 Å². The van der Waals surface area contributed by atoms with Crippen molar-refractivity contribution >= 4 is 17.8 Å². The van der Waals surface area contributed by atoms with Gasteiger partial charge in [0.1, 0.15) is 6.61 Å². The predicted molar refractivity (Wildman–Crippen MR) is 50.4 cm³/mol. The Morgan fingerprint density at radius 2 is 2.25 bits per heavy atom. The van der Waals surface area contributed by atoms with Gasteiger partial charge in [-0.05, 0) is 13.0 Å². The first-order valence-electron chi connectivity index (χ1n) is 3.68. The van der Waals surface area contributed by atoms with Gasteiger partial charge >= 0.3 is 0 Å². The molecular weight excluding hydrogens is 174 g/mol. The molecule has 0 aliphatic rings. The lowest BCUT2D eigenvalue weighted by Gasteiger charge is -2.00. The summed E-state index contributed by atoms with van der Waals surface area (Å²) >= 11 is 5.87. The predicted octanol–water partition coefficient (Wildman–Crippen LogP) is 2.86. The van der Waals surface area contributed by atoms with E-state index in [9.17, 15) is 0 Å². The number of hydrogen-bond acceptors (Lipinski definition) is 2. The van der Waals surface area contributed by atoms with Gasteiger partial charge in [0.05, 0.1) is 0 Å². The summed E-state index contributed by atoms with van der Waals surface area (Å²) in [5.74, 6) is 0. The van der Waals surface area contributed by atoms with Crippen LogP contribution < -0.4 is 0 Å². The van der Waals surface area contributed by atoms with E-state index < -0.39 is 0 Å². The Morgan fingerprint density at radius 3 is 2.92 bits per heavy atom. The Labute approximate surface area is 76.8 Å². The minimum absolute atomic E-state index is 0.421. The zero-order chi connectivity index (χ0) is 8.81. The van der Waals surface area contributed by atoms with Crippen molar-refractivity contribution in [1.82, 2.24) is 0 Å². The maximum absolute atomic E-state index is 5.87. The molecule has 0 radical (unpaired) electrons. The minimum Gasteiger partial charge on any atom is -0.391 e. The Kier molecular flexibility index (Phi) is 3.61. The second-order valence-electron chi connectivity index (χ2n) is 2.23. The van der Waals surface area contributed by atoms with Gasteiger partial charge in [0, 0.05) is 16.8 Å². The molecule has 0 amide bonds. The third kappa shape index (κ3) is 2.55. The number of benzene rings is 1. The molecule has 64 valence electrons. The van der Waals surface area contributed by atoms with Crippen LogP contribution in [0.4, 0.5) is 0 Å². The number of hydrogen-bond donors (Lipinski definition) is 0. The van der Waals surface area contributed by atoms with Gasteiger partial charge in [-0.25, -0.2) is 0 Å². The van der Waals surface area contributed by atoms with E-state index >= 15 is 0 Å². The van der Waals surface area contributed by atoms with E-state index in [1.165, 1.54) is 0 Å². The molecule has 0 saturated heterocycles. The van der Waals surface area contributed by atoms with Crippen molar-refractivity contribution in [3.05, 3.63) is 34.9 Å². The Hall–Kier alpha value is -1.02. The third-order valence-electron chi connectivity index (χ3n) is 1.36. The third-order valence-corrected chi connectivity index (χ3v) is 1.73. The van der Waals surface area contributed by atoms with Gasteiger partial charge in [0.2, 0.25) is 0 Å². The second-order valence-corrected chi connectivity index (χ2v) is 2.64. The lowest BCUT2D eigenvalue weighted by Crippen LogP contribution is -1.87. The van der Waals surface area contributed by atoms with Crippen molar-refractivity contribution in [3.63, 3.8) is 0 Å². The summed E-state index contributed by atoms with van der Waals surface area (Å²) in [7, 11) is 0. The monoisotopic (exact) mass is 183 g/mol. The Morgan fingerprint density at radius 1 is 1.50 bits per heavy atom. The molecule has 0 fully saturated rings. The molecule has 0 aliphatic carbocycles. The molecule has 0 saturated carbocycles. The van der Waals surface area contributed by atoms with E-state index in [0.29, 0.717) is 11.6 Å². The zero-order valence-electron chi connectivity index (χ0n) is 6.83. The Bertz CT molecular complexity index is 273. The molecule has 2 nitrogen and oxygen atoms in total. The highest BCUT2D eigenvalue weighted by atomic mass is 35.5. The molecule has 0 unspecified atom stereocenters. The highest BCUT2D eigenvalue weighted by Gasteiger charge is 1.97. The lowest BCUT2D eigenvalue weighted by molar-refractivity contribution is 0.132. The van der Waals surface area contributed by atoms with Gasteiger partial charge in [-0.2, -0.15) is 0 Å². The largest absolute Gasteiger partial charge is 0.391 e. The van der Waals surface area contributed by atoms with Crippen LogP contribution >= 0.6 is 11.6 Å². The molecule has 0 aliphatic heterocycles. The van der Waals surface area contributed by atoms with E-state index in [-0.39, 0.29) is 0 Å².